The number of rotatable bonds is 3. The average Bonchev–Trinajstić information content (AvgIpc) is 2.34. The fourth-order valence-corrected chi connectivity index (χ4v) is 1.95. The molecule has 0 unspecified atom stereocenters. The predicted molar refractivity (Wildman–Crippen MR) is 72.0 cm³/mol. The molecule has 0 atom stereocenters. The van der Waals surface area contributed by atoms with Crippen LogP contribution < -0.4 is 4.74 Å². The maximum Gasteiger partial charge on any atom is 0.308 e. The molecule has 0 aliphatic carbocycles. The number of carbonyl (C=O) groups is 1. The highest BCUT2D eigenvalue weighted by Crippen LogP contribution is 2.25. The van der Waals surface area contributed by atoms with Crippen molar-refractivity contribution < 1.29 is 9.53 Å². The minimum Gasteiger partial charge on any atom is -0.426 e. The number of halogens is 1. The van der Waals surface area contributed by atoms with Crippen LogP contribution in [-0.4, -0.2) is 5.97 Å². The summed E-state index contributed by atoms with van der Waals surface area (Å²) in [6.45, 7) is 1.40. The molecule has 0 aliphatic rings. The van der Waals surface area contributed by atoms with Gasteiger partial charge in [0, 0.05) is 18.4 Å². The van der Waals surface area contributed by atoms with Crippen molar-refractivity contribution in [3.63, 3.8) is 0 Å². The molecule has 0 saturated carbocycles. The Morgan fingerprint density at radius 3 is 2.33 bits per heavy atom. The van der Waals surface area contributed by atoms with E-state index in [4.69, 9.17) is 16.3 Å². The zero-order valence-electron chi connectivity index (χ0n) is 10.0. The quantitative estimate of drug-likeness (QED) is 0.619. The van der Waals surface area contributed by atoms with E-state index in [1.807, 2.05) is 42.5 Å². The van der Waals surface area contributed by atoms with Gasteiger partial charge in [-0.3, -0.25) is 4.79 Å². The van der Waals surface area contributed by atoms with E-state index in [0.717, 1.165) is 16.1 Å². The lowest BCUT2D eigenvalue weighted by atomic mass is 10.0. The number of carbonyl (C=O) groups excluding carboxylic acids is 1. The normalized spacial score (nSPS) is 10.1. The van der Waals surface area contributed by atoms with Gasteiger partial charge in [-0.2, -0.15) is 0 Å². The second-order valence-electron chi connectivity index (χ2n) is 3.97. The Hall–Kier alpha value is -1.80. The summed E-state index contributed by atoms with van der Waals surface area (Å²) in [6, 6.07) is 15.1. The first kappa shape index (κ1) is 12.7. The fraction of sp³-hybridized carbons (Fsp3) is 0.133. The molecule has 0 saturated heterocycles. The van der Waals surface area contributed by atoms with Crippen molar-refractivity contribution in [2.45, 2.75) is 13.3 Å². The van der Waals surface area contributed by atoms with Crippen LogP contribution in [0.5, 0.6) is 5.75 Å². The number of para-hydroxylation sites is 1. The molecule has 0 aromatic heterocycles. The molecule has 0 fully saturated rings. The third kappa shape index (κ3) is 3.11. The first-order valence-electron chi connectivity index (χ1n) is 5.66. The first-order valence-corrected chi connectivity index (χ1v) is 6.04. The maximum absolute atomic E-state index is 11.0. The lowest BCUT2D eigenvalue weighted by Gasteiger charge is -2.09. The molecule has 0 spiro atoms. The number of hydrogen-bond acceptors (Lipinski definition) is 2. The van der Waals surface area contributed by atoms with Crippen LogP contribution in [0.25, 0.3) is 0 Å². The predicted octanol–water partition coefficient (Wildman–Crippen LogP) is 3.86. The van der Waals surface area contributed by atoms with Gasteiger partial charge in [-0.15, -0.1) is 0 Å². The van der Waals surface area contributed by atoms with Gasteiger partial charge in [0.1, 0.15) is 5.75 Å². The van der Waals surface area contributed by atoms with E-state index in [1.54, 1.807) is 6.07 Å². The summed E-state index contributed by atoms with van der Waals surface area (Å²) in [4.78, 5) is 11.0. The molecule has 0 radical (unpaired) electrons. The highest BCUT2D eigenvalue weighted by atomic mass is 35.5. The summed E-state index contributed by atoms with van der Waals surface area (Å²) in [5, 5.41) is 0.718. The summed E-state index contributed by atoms with van der Waals surface area (Å²) in [6.07, 6.45) is 0.642. The summed E-state index contributed by atoms with van der Waals surface area (Å²) in [5.74, 6) is 0.270. The minimum atomic E-state index is -0.318. The molecular formula is C15H13ClO2. The topological polar surface area (TPSA) is 26.3 Å². The van der Waals surface area contributed by atoms with Gasteiger partial charge in [0.2, 0.25) is 0 Å². The molecule has 0 heterocycles. The Kier molecular flexibility index (Phi) is 4.00. The Labute approximate surface area is 111 Å². The van der Waals surface area contributed by atoms with Crippen LogP contribution in [0.15, 0.2) is 48.5 Å². The van der Waals surface area contributed by atoms with Crippen LogP contribution in [0.4, 0.5) is 0 Å². The van der Waals surface area contributed by atoms with Gasteiger partial charge in [0.15, 0.2) is 0 Å². The van der Waals surface area contributed by atoms with Crippen molar-refractivity contribution in [1.29, 1.82) is 0 Å². The highest BCUT2D eigenvalue weighted by molar-refractivity contribution is 6.31. The Balaban J connectivity index is 2.29. The molecule has 2 rings (SSSR count). The van der Waals surface area contributed by atoms with Gasteiger partial charge < -0.3 is 4.74 Å². The molecule has 2 aromatic rings. The minimum absolute atomic E-state index is 0.318. The number of esters is 1. The monoisotopic (exact) mass is 260 g/mol. The van der Waals surface area contributed by atoms with Crippen molar-refractivity contribution >= 4 is 17.6 Å². The second kappa shape index (κ2) is 5.69. The van der Waals surface area contributed by atoms with E-state index in [1.165, 1.54) is 6.92 Å². The molecule has 0 amide bonds. The van der Waals surface area contributed by atoms with Crippen molar-refractivity contribution in [3.8, 4) is 5.75 Å². The Morgan fingerprint density at radius 2 is 1.67 bits per heavy atom. The van der Waals surface area contributed by atoms with Gasteiger partial charge in [-0.1, -0.05) is 48.0 Å². The third-order valence-electron chi connectivity index (χ3n) is 2.57. The van der Waals surface area contributed by atoms with E-state index in [0.29, 0.717) is 12.2 Å². The van der Waals surface area contributed by atoms with E-state index in [9.17, 15) is 4.79 Å². The number of hydrogen-bond donors (Lipinski definition) is 0. The maximum atomic E-state index is 11.0. The molecule has 0 bridgehead atoms. The van der Waals surface area contributed by atoms with Crippen LogP contribution in [-0.2, 0) is 11.2 Å². The average molecular weight is 261 g/mol. The van der Waals surface area contributed by atoms with E-state index in [-0.39, 0.29) is 5.97 Å². The number of benzene rings is 2. The Morgan fingerprint density at radius 1 is 1.06 bits per heavy atom. The summed E-state index contributed by atoms with van der Waals surface area (Å²) in [5.41, 5.74) is 1.96. The Bertz CT molecular complexity index is 564. The lowest BCUT2D eigenvalue weighted by Crippen LogP contribution is -2.04. The van der Waals surface area contributed by atoms with Crippen molar-refractivity contribution in [2.75, 3.05) is 0 Å². The van der Waals surface area contributed by atoms with Crippen LogP contribution >= 0.6 is 11.6 Å². The summed E-state index contributed by atoms with van der Waals surface area (Å²) >= 11 is 6.12. The lowest BCUT2D eigenvalue weighted by molar-refractivity contribution is -0.131. The van der Waals surface area contributed by atoms with Crippen molar-refractivity contribution in [1.82, 2.24) is 0 Å². The van der Waals surface area contributed by atoms with Gasteiger partial charge in [0.25, 0.3) is 0 Å². The zero-order chi connectivity index (χ0) is 13.0. The zero-order valence-corrected chi connectivity index (χ0v) is 10.8. The van der Waals surface area contributed by atoms with Crippen LogP contribution in [0.2, 0.25) is 5.02 Å². The third-order valence-corrected chi connectivity index (χ3v) is 2.93. The molecule has 3 heteroatoms. The number of ether oxygens (including phenoxy) is 1. The van der Waals surface area contributed by atoms with Gasteiger partial charge in [-0.25, -0.2) is 0 Å². The van der Waals surface area contributed by atoms with Gasteiger partial charge >= 0.3 is 5.97 Å². The first-order chi connectivity index (χ1) is 8.66. The molecular weight excluding hydrogens is 248 g/mol. The highest BCUT2D eigenvalue weighted by Gasteiger charge is 2.08. The molecule has 18 heavy (non-hydrogen) atoms. The molecule has 0 aliphatic heterocycles. The summed E-state index contributed by atoms with van der Waals surface area (Å²) < 4.78 is 5.18. The summed E-state index contributed by atoms with van der Waals surface area (Å²) in [7, 11) is 0. The largest absolute Gasteiger partial charge is 0.426 e. The van der Waals surface area contributed by atoms with Crippen LogP contribution in [0.3, 0.4) is 0 Å². The van der Waals surface area contributed by atoms with Crippen LogP contribution in [0, 0.1) is 0 Å². The van der Waals surface area contributed by atoms with Gasteiger partial charge in [-0.05, 0) is 23.3 Å². The van der Waals surface area contributed by atoms with E-state index < -0.39 is 0 Å². The van der Waals surface area contributed by atoms with Crippen LogP contribution in [0.1, 0.15) is 18.1 Å². The molecule has 2 aromatic carbocycles. The van der Waals surface area contributed by atoms with Crippen molar-refractivity contribution in [3.05, 3.63) is 64.7 Å². The molecule has 92 valence electrons. The van der Waals surface area contributed by atoms with E-state index in [2.05, 4.69) is 0 Å². The standard InChI is InChI=1S/C15H13ClO2/c1-11(17)18-15-9-5-3-7-13(15)10-12-6-2-4-8-14(12)16/h2-9H,10H2,1H3. The van der Waals surface area contributed by atoms with E-state index >= 15 is 0 Å². The van der Waals surface area contributed by atoms with Crippen molar-refractivity contribution in [2.24, 2.45) is 0 Å². The second-order valence-corrected chi connectivity index (χ2v) is 4.38. The molecule has 2 nitrogen and oxygen atoms in total. The smallest absolute Gasteiger partial charge is 0.308 e. The fourth-order valence-electron chi connectivity index (χ4n) is 1.75. The SMILES string of the molecule is CC(=O)Oc1ccccc1Cc1ccccc1Cl. The van der Waals surface area contributed by atoms with Gasteiger partial charge in [0.05, 0.1) is 0 Å². The molecule has 0 N–H and O–H groups in total.